The number of aromatic hydroxyl groups is 1. The van der Waals surface area contributed by atoms with Gasteiger partial charge in [0.05, 0.1) is 25.7 Å². The van der Waals surface area contributed by atoms with E-state index in [0.29, 0.717) is 13.0 Å². The molecule has 3 aromatic carbocycles. The summed E-state index contributed by atoms with van der Waals surface area (Å²) in [6, 6.07) is 25.3. The number of nitrogens with zero attached hydrogens (tertiary/aromatic N) is 4. The van der Waals surface area contributed by atoms with Gasteiger partial charge in [-0.05, 0) is 49.1 Å². The smallest absolute Gasteiger partial charge is 0.332 e. The Morgan fingerprint density at radius 2 is 1.67 bits per heavy atom. The van der Waals surface area contributed by atoms with Gasteiger partial charge in [-0.3, -0.25) is 14.6 Å². The summed E-state index contributed by atoms with van der Waals surface area (Å²) in [7, 11) is 0. The van der Waals surface area contributed by atoms with Crippen molar-refractivity contribution in [1.29, 1.82) is 0 Å². The van der Waals surface area contributed by atoms with Crippen molar-refractivity contribution in [3.8, 4) is 5.75 Å². The Morgan fingerprint density at radius 1 is 1.02 bits per heavy atom. The lowest BCUT2D eigenvalue weighted by Crippen LogP contribution is -2.58. The fourth-order valence-electron chi connectivity index (χ4n) is 5.37. The first-order chi connectivity index (χ1) is 20.3. The molecule has 3 atom stereocenters. The van der Waals surface area contributed by atoms with Crippen molar-refractivity contribution in [2.45, 2.75) is 45.1 Å². The number of benzene rings is 3. The van der Waals surface area contributed by atoms with Crippen molar-refractivity contribution >= 4 is 18.3 Å². The van der Waals surface area contributed by atoms with Crippen molar-refractivity contribution in [2.75, 3.05) is 19.6 Å². The van der Waals surface area contributed by atoms with Crippen LogP contribution in [0.3, 0.4) is 0 Å². The van der Waals surface area contributed by atoms with Crippen LogP contribution in [0.1, 0.15) is 36.6 Å². The molecule has 4 rings (SSSR count). The highest BCUT2D eigenvalue weighted by Crippen LogP contribution is 2.27. The summed E-state index contributed by atoms with van der Waals surface area (Å²) in [6.45, 7) is 8.42. The van der Waals surface area contributed by atoms with E-state index in [1.807, 2.05) is 86.6 Å². The van der Waals surface area contributed by atoms with Crippen LogP contribution in [-0.4, -0.2) is 75.1 Å². The normalized spacial score (nSPS) is 16.5. The molecule has 4 amide bonds. The van der Waals surface area contributed by atoms with Crippen molar-refractivity contribution in [3.05, 3.63) is 114 Å². The van der Waals surface area contributed by atoms with E-state index in [-0.39, 0.29) is 49.4 Å². The molecule has 0 saturated carbocycles. The minimum atomic E-state index is -0.608. The van der Waals surface area contributed by atoms with Crippen molar-refractivity contribution in [1.82, 2.24) is 25.1 Å². The maximum atomic E-state index is 13.7. The average Bonchev–Trinajstić information content (AvgIpc) is 3.34. The Labute approximate surface area is 247 Å². The molecule has 9 heteroatoms. The third-order valence-corrected chi connectivity index (χ3v) is 7.61. The number of carbonyl (C=O) groups excluding carboxylic acids is 3. The molecule has 2 N–H and O–H groups in total. The van der Waals surface area contributed by atoms with Gasteiger partial charge in [0.25, 0.3) is 0 Å². The highest BCUT2D eigenvalue weighted by atomic mass is 16.3. The van der Waals surface area contributed by atoms with E-state index in [4.69, 9.17) is 0 Å². The minimum absolute atomic E-state index is 0.0242. The molecule has 9 nitrogen and oxygen atoms in total. The SMILES string of the molecule is C=CCN(C(=O)NCc1ccccc1)N1CC(=O)N([C@H](C)Cc2ccc(O)cc2)[C@@H]1CN(C=O)[C@@H](C)c1ccccc1. The first kappa shape index (κ1) is 30.3. The second kappa shape index (κ2) is 14.3. The molecule has 0 spiro atoms. The van der Waals surface area contributed by atoms with Crippen molar-refractivity contribution in [2.24, 2.45) is 0 Å². The second-order valence-electron chi connectivity index (χ2n) is 10.5. The van der Waals surface area contributed by atoms with Crippen LogP contribution in [-0.2, 0) is 22.6 Å². The molecular formula is C33H39N5O4. The third-order valence-electron chi connectivity index (χ3n) is 7.61. The minimum Gasteiger partial charge on any atom is -0.508 e. The molecule has 1 aliphatic rings. The number of amides is 4. The molecule has 1 heterocycles. The quantitative estimate of drug-likeness (QED) is 0.236. The summed E-state index contributed by atoms with van der Waals surface area (Å²) in [6.07, 6.45) is 2.35. The highest BCUT2D eigenvalue weighted by Gasteiger charge is 2.45. The summed E-state index contributed by atoms with van der Waals surface area (Å²) >= 11 is 0. The predicted octanol–water partition coefficient (Wildman–Crippen LogP) is 4.33. The molecule has 0 aliphatic carbocycles. The number of nitrogens with one attached hydrogen (secondary N) is 1. The lowest BCUT2D eigenvalue weighted by atomic mass is 10.0. The number of urea groups is 1. The van der Waals surface area contributed by atoms with Crippen LogP contribution in [0.4, 0.5) is 4.79 Å². The Hall–Kier alpha value is -4.63. The Morgan fingerprint density at radius 3 is 2.29 bits per heavy atom. The summed E-state index contributed by atoms with van der Waals surface area (Å²) in [4.78, 5) is 43.1. The molecule has 0 aromatic heterocycles. The maximum Gasteiger partial charge on any atom is 0.332 e. The topological polar surface area (TPSA) is 96.4 Å². The number of hydrogen-bond acceptors (Lipinski definition) is 5. The zero-order valence-electron chi connectivity index (χ0n) is 24.2. The number of rotatable bonds is 13. The van der Waals surface area contributed by atoms with Crippen LogP contribution < -0.4 is 5.32 Å². The summed E-state index contributed by atoms with van der Waals surface area (Å²) in [5.74, 6) is 0.0280. The zero-order chi connectivity index (χ0) is 30.1. The fourth-order valence-corrected chi connectivity index (χ4v) is 5.37. The molecule has 1 saturated heterocycles. The Balaban J connectivity index is 1.63. The van der Waals surface area contributed by atoms with Crippen LogP contribution in [0.2, 0.25) is 0 Å². The van der Waals surface area contributed by atoms with Crippen LogP contribution >= 0.6 is 0 Å². The standard InChI is InChI=1S/C33H39N5O4/c1-4-19-36(33(42)34-21-28-11-7-5-8-12-28)37-23-32(41)38(25(2)20-27-15-17-30(40)18-16-27)31(37)22-35(24-39)26(3)29-13-9-6-10-14-29/h4-18,24-26,31,40H,1,19-23H2,2-3H3,(H,34,42)/t25-,26+,31-/m1/s1. The molecule has 0 unspecified atom stereocenters. The Bertz CT molecular complexity index is 1340. The number of carbonyl (C=O) groups is 3. The lowest BCUT2D eigenvalue weighted by molar-refractivity contribution is -0.132. The van der Waals surface area contributed by atoms with Crippen LogP contribution in [0, 0.1) is 0 Å². The van der Waals surface area contributed by atoms with Crippen LogP contribution in [0.15, 0.2) is 97.6 Å². The van der Waals surface area contributed by atoms with Gasteiger partial charge < -0.3 is 20.2 Å². The summed E-state index contributed by atoms with van der Waals surface area (Å²) in [5, 5.41) is 15.9. The van der Waals surface area contributed by atoms with Gasteiger partial charge in [0.2, 0.25) is 12.3 Å². The van der Waals surface area contributed by atoms with Gasteiger partial charge in [-0.1, -0.05) is 78.9 Å². The van der Waals surface area contributed by atoms with Gasteiger partial charge in [-0.2, -0.15) is 5.01 Å². The largest absolute Gasteiger partial charge is 0.508 e. The summed E-state index contributed by atoms with van der Waals surface area (Å²) < 4.78 is 0. The van der Waals surface area contributed by atoms with Gasteiger partial charge >= 0.3 is 6.03 Å². The van der Waals surface area contributed by atoms with Gasteiger partial charge in [-0.25, -0.2) is 4.79 Å². The summed E-state index contributed by atoms with van der Waals surface area (Å²) in [5.41, 5.74) is 2.87. The number of phenols is 1. The highest BCUT2D eigenvalue weighted by molar-refractivity contribution is 5.82. The van der Waals surface area contributed by atoms with E-state index in [0.717, 1.165) is 23.1 Å². The van der Waals surface area contributed by atoms with E-state index in [2.05, 4.69) is 11.9 Å². The van der Waals surface area contributed by atoms with Crippen molar-refractivity contribution < 1.29 is 19.5 Å². The molecule has 220 valence electrons. The molecule has 3 aromatic rings. The average molecular weight is 570 g/mol. The molecule has 1 aliphatic heterocycles. The third kappa shape index (κ3) is 7.36. The predicted molar refractivity (Wildman–Crippen MR) is 162 cm³/mol. The number of hydrogen-bond donors (Lipinski definition) is 2. The molecule has 42 heavy (non-hydrogen) atoms. The van der Waals surface area contributed by atoms with Gasteiger partial charge in [0, 0.05) is 12.6 Å². The maximum absolute atomic E-state index is 13.7. The van der Waals surface area contributed by atoms with E-state index in [9.17, 15) is 19.5 Å². The monoisotopic (exact) mass is 569 g/mol. The molecule has 0 radical (unpaired) electrons. The molecule has 1 fully saturated rings. The van der Waals surface area contributed by atoms with Gasteiger partial charge in [0.15, 0.2) is 0 Å². The first-order valence-corrected chi connectivity index (χ1v) is 14.1. The van der Waals surface area contributed by atoms with Crippen molar-refractivity contribution in [3.63, 3.8) is 0 Å². The van der Waals surface area contributed by atoms with E-state index >= 15 is 0 Å². The first-order valence-electron chi connectivity index (χ1n) is 14.1. The van der Waals surface area contributed by atoms with E-state index in [1.54, 1.807) is 33.0 Å². The zero-order valence-corrected chi connectivity index (χ0v) is 24.2. The number of phenolic OH excluding ortho intramolecular Hbond substituents is 1. The van der Waals surface area contributed by atoms with E-state index < -0.39 is 6.17 Å². The van der Waals surface area contributed by atoms with Crippen LogP contribution in [0.5, 0.6) is 5.75 Å². The molecular weight excluding hydrogens is 530 g/mol. The number of hydrazine groups is 1. The fraction of sp³-hybridized carbons (Fsp3) is 0.303. The Kier molecular flexibility index (Phi) is 10.3. The van der Waals surface area contributed by atoms with E-state index in [1.165, 1.54) is 5.01 Å². The lowest BCUT2D eigenvalue weighted by Gasteiger charge is -2.41. The molecule has 0 bridgehead atoms. The second-order valence-corrected chi connectivity index (χ2v) is 10.5. The van der Waals surface area contributed by atoms with Gasteiger partial charge in [0.1, 0.15) is 11.9 Å². The van der Waals surface area contributed by atoms with Gasteiger partial charge in [-0.15, -0.1) is 6.58 Å². The van der Waals surface area contributed by atoms with Crippen LogP contribution in [0.25, 0.3) is 0 Å².